The summed E-state index contributed by atoms with van der Waals surface area (Å²) in [6, 6.07) is 9.82. The summed E-state index contributed by atoms with van der Waals surface area (Å²) in [5.41, 5.74) is 2.66. The third kappa shape index (κ3) is 3.31. The van der Waals surface area contributed by atoms with Crippen LogP contribution in [0, 0.1) is 6.92 Å². The van der Waals surface area contributed by atoms with E-state index in [1.54, 1.807) is 23.8 Å². The van der Waals surface area contributed by atoms with Gasteiger partial charge in [0.2, 0.25) is 5.91 Å². The highest BCUT2D eigenvalue weighted by Gasteiger charge is 2.26. The van der Waals surface area contributed by atoms with E-state index >= 15 is 0 Å². The second-order valence-electron chi connectivity index (χ2n) is 7.06. The molecular formula is C21H22N4O3. The summed E-state index contributed by atoms with van der Waals surface area (Å²) < 4.78 is 1.58. The maximum absolute atomic E-state index is 13.0. The van der Waals surface area contributed by atoms with Crippen molar-refractivity contribution in [2.75, 3.05) is 19.6 Å². The predicted octanol–water partition coefficient (Wildman–Crippen LogP) is 1.45. The van der Waals surface area contributed by atoms with E-state index in [1.807, 2.05) is 24.4 Å². The number of amides is 2. The van der Waals surface area contributed by atoms with Crippen LogP contribution in [-0.2, 0) is 17.8 Å². The molecule has 7 heteroatoms. The van der Waals surface area contributed by atoms with Gasteiger partial charge in [0, 0.05) is 42.9 Å². The number of nitrogens with zero attached hydrogens (tertiary/aromatic N) is 2. The Hall–Kier alpha value is -3.35. The molecule has 0 bridgehead atoms. The summed E-state index contributed by atoms with van der Waals surface area (Å²) in [6.45, 7) is 3.03. The van der Waals surface area contributed by atoms with Gasteiger partial charge in [-0.2, -0.15) is 0 Å². The number of pyridine rings is 1. The van der Waals surface area contributed by atoms with Gasteiger partial charge in [0.05, 0.1) is 6.54 Å². The van der Waals surface area contributed by atoms with Crippen LogP contribution in [0.1, 0.15) is 21.5 Å². The first-order chi connectivity index (χ1) is 13.5. The minimum atomic E-state index is -0.376. The van der Waals surface area contributed by atoms with Gasteiger partial charge in [-0.25, -0.2) is 0 Å². The maximum Gasteiger partial charge on any atom is 0.263 e. The molecule has 1 aromatic carbocycles. The minimum absolute atomic E-state index is 0.0120. The molecule has 0 aliphatic carbocycles. The van der Waals surface area contributed by atoms with E-state index in [0.717, 1.165) is 16.5 Å². The number of aryl methyl sites for hydroxylation is 3. The number of aromatic amines is 1. The zero-order valence-corrected chi connectivity index (χ0v) is 15.7. The topological polar surface area (TPSA) is 87.2 Å². The van der Waals surface area contributed by atoms with Crippen LogP contribution in [-0.4, -0.2) is 45.9 Å². The zero-order valence-electron chi connectivity index (χ0n) is 15.7. The number of aromatic nitrogens is 2. The predicted molar refractivity (Wildman–Crippen MR) is 106 cm³/mol. The Morgan fingerprint density at radius 2 is 2.00 bits per heavy atom. The molecule has 0 saturated carbocycles. The molecule has 0 spiro atoms. The molecule has 1 saturated heterocycles. The zero-order chi connectivity index (χ0) is 19.7. The Balaban J connectivity index is 1.59. The number of carbonyl (C=O) groups is 2. The van der Waals surface area contributed by atoms with Crippen LogP contribution < -0.4 is 10.9 Å². The number of hydrogen-bond donors (Lipinski definition) is 2. The molecule has 0 atom stereocenters. The van der Waals surface area contributed by atoms with E-state index in [9.17, 15) is 14.4 Å². The molecule has 28 heavy (non-hydrogen) atoms. The first kappa shape index (κ1) is 18.0. The smallest absolute Gasteiger partial charge is 0.263 e. The van der Waals surface area contributed by atoms with Crippen LogP contribution >= 0.6 is 0 Å². The largest absolute Gasteiger partial charge is 0.361 e. The Morgan fingerprint density at radius 1 is 1.18 bits per heavy atom. The van der Waals surface area contributed by atoms with E-state index in [-0.39, 0.29) is 29.5 Å². The molecule has 3 heterocycles. The SMILES string of the molecule is Cc1ccn(CCc2c[nH]c3ccccc23)c(=O)c1C(=O)N1CCNC(=O)C1. The molecule has 7 nitrogen and oxygen atoms in total. The Morgan fingerprint density at radius 3 is 2.82 bits per heavy atom. The number of para-hydroxylation sites is 1. The molecule has 2 aromatic heterocycles. The minimum Gasteiger partial charge on any atom is -0.361 e. The summed E-state index contributed by atoms with van der Waals surface area (Å²) in [5.74, 6) is -0.577. The second kappa shape index (κ2) is 7.34. The van der Waals surface area contributed by atoms with E-state index in [0.29, 0.717) is 31.6 Å². The Labute approximate surface area is 162 Å². The second-order valence-corrected chi connectivity index (χ2v) is 7.06. The normalized spacial score (nSPS) is 14.3. The first-order valence-electron chi connectivity index (χ1n) is 9.35. The van der Waals surface area contributed by atoms with Gasteiger partial charge in [-0.05, 0) is 36.6 Å². The van der Waals surface area contributed by atoms with Crippen LogP contribution in [0.15, 0.2) is 47.5 Å². The van der Waals surface area contributed by atoms with Crippen molar-refractivity contribution in [3.8, 4) is 0 Å². The Bertz CT molecular complexity index is 1110. The third-order valence-electron chi connectivity index (χ3n) is 5.21. The van der Waals surface area contributed by atoms with Crippen molar-refractivity contribution in [3.63, 3.8) is 0 Å². The van der Waals surface area contributed by atoms with E-state index in [1.165, 1.54) is 4.90 Å². The Kier molecular flexibility index (Phi) is 4.73. The molecule has 1 aliphatic heterocycles. The number of H-pyrrole nitrogens is 1. The van der Waals surface area contributed by atoms with E-state index < -0.39 is 0 Å². The summed E-state index contributed by atoms with van der Waals surface area (Å²) >= 11 is 0. The van der Waals surface area contributed by atoms with Crippen LogP contribution in [0.3, 0.4) is 0 Å². The van der Waals surface area contributed by atoms with Crippen molar-refractivity contribution in [2.45, 2.75) is 19.9 Å². The average molecular weight is 378 g/mol. The quantitative estimate of drug-likeness (QED) is 0.720. The lowest BCUT2D eigenvalue weighted by molar-refractivity contribution is -0.123. The summed E-state index contributed by atoms with van der Waals surface area (Å²) in [6.07, 6.45) is 4.36. The number of nitrogens with one attached hydrogen (secondary N) is 2. The van der Waals surface area contributed by atoms with E-state index in [2.05, 4.69) is 16.4 Å². The number of piperazine rings is 1. The number of fused-ring (bicyclic) bond motifs is 1. The maximum atomic E-state index is 13.0. The summed E-state index contributed by atoms with van der Waals surface area (Å²) in [4.78, 5) is 42.1. The van der Waals surface area contributed by atoms with Gasteiger partial charge in [0.15, 0.2) is 0 Å². The van der Waals surface area contributed by atoms with Crippen LogP contribution in [0.4, 0.5) is 0 Å². The first-order valence-corrected chi connectivity index (χ1v) is 9.35. The molecule has 1 fully saturated rings. The number of rotatable bonds is 4. The van der Waals surface area contributed by atoms with Crippen molar-refractivity contribution in [3.05, 3.63) is 69.8 Å². The van der Waals surface area contributed by atoms with Gasteiger partial charge in [-0.1, -0.05) is 18.2 Å². The summed E-state index contributed by atoms with van der Waals surface area (Å²) in [7, 11) is 0. The molecule has 1 aliphatic rings. The third-order valence-corrected chi connectivity index (χ3v) is 5.21. The lowest BCUT2D eigenvalue weighted by atomic mass is 10.1. The molecule has 144 valence electrons. The fraction of sp³-hybridized carbons (Fsp3) is 0.286. The molecule has 2 amide bonds. The number of benzene rings is 1. The molecule has 0 radical (unpaired) electrons. The van der Waals surface area contributed by atoms with Crippen molar-refractivity contribution in [1.29, 1.82) is 0 Å². The fourth-order valence-electron chi connectivity index (χ4n) is 3.65. The lowest BCUT2D eigenvalue weighted by Gasteiger charge is -2.27. The van der Waals surface area contributed by atoms with Crippen LogP contribution in [0.2, 0.25) is 0 Å². The van der Waals surface area contributed by atoms with E-state index in [4.69, 9.17) is 0 Å². The van der Waals surface area contributed by atoms with Crippen molar-refractivity contribution >= 4 is 22.7 Å². The van der Waals surface area contributed by atoms with Crippen molar-refractivity contribution in [1.82, 2.24) is 19.8 Å². The number of hydrogen-bond acceptors (Lipinski definition) is 3. The van der Waals surface area contributed by atoms with Gasteiger partial charge in [0.1, 0.15) is 5.56 Å². The van der Waals surface area contributed by atoms with Crippen molar-refractivity contribution in [2.24, 2.45) is 0 Å². The highest BCUT2D eigenvalue weighted by molar-refractivity contribution is 5.97. The van der Waals surface area contributed by atoms with Crippen molar-refractivity contribution < 1.29 is 9.59 Å². The summed E-state index contributed by atoms with van der Waals surface area (Å²) in [5, 5.41) is 3.83. The van der Waals surface area contributed by atoms with Gasteiger partial charge >= 0.3 is 0 Å². The molecular weight excluding hydrogens is 356 g/mol. The molecule has 4 rings (SSSR count). The average Bonchev–Trinajstić information content (AvgIpc) is 3.10. The van der Waals surface area contributed by atoms with Gasteiger partial charge in [-0.15, -0.1) is 0 Å². The van der Waals surface area contributed by atoms with Gasteiger partial charge in [0.25, 0.3) is 11.5 Å². The monoisotopic (exact) mass is 378 g/mol. The van der Waals surface area contributed by atoms with Gasteiger partial charge < -0.3 is 19.8 Å². The molecule has 3 aromatic rings. The fourth-order valence-corrected chi connectivity index (χ4v) is 3.65. The highest BCUT2D eigenvalue weighted by atomic mass is 16.2. The highest BCUT2D eigenvalue weighted by Crippen LogP contribution is 2.18. The molecule has 2 N–H and O–H groups in total. The standard InChI is InChI=1S/C21H22N4O3/c1-14-6-9-24(10-7-15-12-23-17-5-3-2-4-16(15)17)20(27)19(14)21(28)25-11-8-22-18(26)13-25/h2-6,9,12,23H,7-8,10-11,13H2,1H3,(H,22,26). The van der Waals surface area contributed by atoms with Crippen LogP contribution in [0.5, 0.6) is 0 Å². The molecule has 0 unspecified atom stereocenters. The lowest BCUT2D eigenvalue weighted by Crippen LogP contribution is -2.51. The van der Waals surface area contributed by atoms with Gasteiger partial charge in [-0.3, -0.25) is 14.4 Å². The number of carbonyl (C=O) groups excluding carboxylic acids is 2. The van der Waals surface area contributed by atoms with Crippen LogP contribution in [0.25, 0.3) is 10.9 Å².